The summed E-state index contributed by atoms with van der Waals surface area (Å²) in [7, 11) is 0. The van der Waals surface area contributed by atoms with Gasteiger partial charge < -0.3 is 10.0 Å². The molecule has 28 heavy (non-hydrogen) atoms. The van der Waals surface area contributed by atoms with Gasteiger partial charge in [0, 0.05) is 16.7 Å². The topological polar surface area (TPSA) is 40.5 Å². The first-order valence-electron chi connectivity index (χ1n) is 10.1. The fourth-order valence-electron chi connectivity index (χ4n) is 4.52. The van der Waals surface area contributed by atoms with Gasteiger partial charge in [-0.3, -0.25) is 4.79 Å². The predicted octanol–water partition coefficient (Wildman–Crippen LogP) is 5.01. The molecule has 4 heteroatoms. The van der Waals surface area contributed by atoms with E-state index in [0.29, 0.717) is 6.54 Å². The zero-order valence-corrected chi connectivity index (χ0v) is 18.2. The lowest BCUT2D eigenvalue weighted by atomic mass is 9.93. The zero-order chi connectivity index (χ0) is 19.5. The monoisotopic (exact) mass is 485 g/mol. The molecule has 0 aromatic heterocycles. The first-order valence-corrected chi connectivity index (χ1v) is 11.2. The standard InChI is InChI=1S/C24H26INO2/c25-20-11-12-22-18(15-20)10-9-17-5-1-2-7-21(17)23(22)8-4-14-26-13-3-6-19(16-26)24(27)28/h1-2,5,7-8,11-12,15,19H,3-4,6,9-10,13-14,16H2,(H,27,28)/b23-8+/i25-2. The van der Waals surface area contributed by atoms with Crippen LogP contribution in [0.2, 0.25) is 0 Å². The summed E-state index contributed by atoms with van der Waals surface area (Å²) in [6.45, 7) is 2.62. The fourth-order valence-corrected chi connectivity index (χ4v) is 5.07. The van der Waals surface area contributed by atoms with Gasteiger partial charge in [0.15, 0.2) is 0 Å². The number of hydrogen-bond donors (Lipinski definition) is 1. The highest BCUT2D eigenvalue weighted by Gasteiger charge is 2.25. The number of halogens is 1. The number of carboxylic acid groups (broad SMARTS) is 1. The summed E-state index contributed by atoms with van der Waals surface area (Å²) in [6, 6.07) is 15.5. The highest BCUT2D eigenvalue weighted by molar-refractivity contribution is 14.1. The quantitative estimate of drug-likeness (QED) is 0.620. The van der Waals surface area contributed by atoms with E-state index in [9.17, 15) is 9.90 Å². The molecule has 1 atom stereocenters. The lowest BCUT2D eigenvalue weighted by Crippen LogP contribution is -2.39. The molecular weight excluding hydrogens is 459 g/mol. The molecule has 1 fully saturated rings. The molecule has 146 valence electrons. The van der Waals surface area contributed by atoms with Crippen LogP contribution < -0.4 is 0 Å². The van der Waals surface area contributed by atoms with Crippen molar-refractivity contribution in [2.24, 2.45) is 5.92 Å². The number of rotatable bonds is 4. The van der Waals surface area contributed by atoms with Crippen LogP contribution in [0.4, 0.5) is 0 Å². The number of benzene rings is 2. The summed E-state index contributed by atoms with van der Waals surface area (Å²) in [4.78, 5) is 13.6. The van der Waals surface area contributed by atoms with Gasteiger partial charge in [-0.2, -0.15) is 0 Å². The number of nitrogens with zero attached hydrogens (tertiary/aromatic N) is 1. The van der Waals surface area contributed by atoms with Crippen LogP contribution in [-0.2, 0) is 17.6 Å². The molecule has 0 saturated carbocycles. The van der Waals surface area contributed by atoms with Crippen LogP contribution in [0.15, 0.2) is 48.5 Å². The van der Waals surface area contributed by atoms with Crippen molar-refractivity contribution in [3.8, 4) is 0 Å². The van der Waals surface area contributed by atoms with Crippen LogP contribution in [0, 0.1) is 9.49 Å². The zero-order valence-electron chi connectivity index (χ0n) is 16.0. The molecule has 4 rings (SSSR count). The molecule has 2 aliphatic rings. The average Bonchev–Trinajstić information content (AvgIpc) is 2.85. The van der Waals surface area contributed by atoms with Gasteiger partial charge >= 0.3 is 5.97 Å². The van der Waals surface area contributed by atoms with Crippen molar-refractivity contribution in [2.45, 2.75) is 32.1 Å². The normalized spacial score (nSPS) is 21.0. The van der Waals surface area contributed by atoms with Gasteiger partial charge in [0.2, 0.25) is 0 Å². The summed E-state index contributed by atoms with van der Waals surface area (Å²) in [5.74, 6) is -0.855. The van der Waals surface area contributed by atoms with E-state index >= 15 is 0 Å². The summed E-state index contributed by atoms with van der Waals surface area (Å²) < 4.78 is 1.29. The Morgan fingerprint density at radius 2 is 1.93 bits per heavy atom. The molecule has 1 aliphatic carbocycles. The minimum atomic E-state index is -0.649. The molecule has 0 amide bonds. The molecule has 2 aromatic carbocycles. The van der Waals surface area contributed by atoms with E-state index in [2.05, 4.69) is 76.0 Å². The first kappa shape index (κ1) is 19.6. The van der Waals surface area contributed by atoms with Crippen molar-refractivity contribution in [3.63, 3.8) is 0 Å². The third-order valence-electron chi connectivity index (χ3n) is 5.98. The average molecular weight is 485 g/mol. The smallest absolute Gasteiger partial charge is 0.307 e. The summed E-state index contributed by atoms with van der Waals surface area (Å²) in [6.07, 6.45) is 7.27. The van der Waals surface area contributed by atoms with E-state index in [0.717, 1.165) is 45.2 Å². The molecule has 0 spiro atoms. The summed E-state index contributed by atoms with van der Waals surface area (Å²) >= 11 is 2.40. The van der Waals surface area contributed by atoms with Gasteiger partial charge in [0.25, 0.3) is 0 Å². The van der Waals surface area contributed by atoms with E-state index in [4.69, 9.17) is 0 Å². The minimum absolute atomic E-state index is 0.206. The van der Waals surface area contributed by atoms with Crippen LogP contribution >= 0.6 is 22.6 Å². The number of carbonyl (C=O) groups is 1. The van der Waals surface area contributed by atoms with Gasteiger partial charge in [-0.15, -0.1) is 0 Å². The SMILES string of the molecule is O=C(O)C1CCCN(CC/C=C2\c3ccccc3CCc3cc([125I])ccc32)C1. The van der Waals surface area contributed by atoms with Crippen LogP contribution in [-0.4, -0.2) is 35.6 Å². The second kappa shape index (κ2) is 8.78. The Morgan fingerprint density at radius 3 is 2.79 bits per heavy atom. The molecule has 1 N–H and O–H groups in total. The van der Waals surface area contributed by atoms with Gasteiger partial charge in [0.05, 0.1) is 5.92 Å². The minimum Gasteiger partial charge on any atom is -0.481 e. The van der Waals surface area contributed by atoms with Crippen molar-refractivity contribution in [2.75, 3.05) is 19.6 Å². The van der Waals surface area contributed by atoms with Crippen LogP contribution in [0.3, 0.4) is 0 Å². The van der Waals surface area contributed by atoms with Crippen LogP contribution in [0.25, 0.3) is 5.57 Å². The Kier molecular flexibility index (Phi) is 6.16. The Morgan fingerprint density at radius 1 is 1.14 bits per heavy atom. The van der Waals surface area contributed by atoms with E-state index in [1.807, 2.05) is 0 Å². The molecule has 1 heterocycles. The van der Waals surface area contributed by atoms with Crippen LogP contribution in [0.1, 0.15) is 41.5 Å². The number of likely N-dealkylation sites (tertiary alicyclic amines) is 1. The largest absolute Gasteiger partial charge is 0.481 e. The molecule has 1 unspecified atom stereocenters. The van der Waals surface area contributed by atoms with Crippen molar-refractivity contribution in [3.05, 3.63) is 74.4 Å². The molecule has 2 aromatic rings. The molecule has 3 nitrogen and oxygen atoms in total. The van der Waals surface area contributed by atoms with Gasteiger partial charge in [-0.05, 0) is 101 Å². The lowest BCUT2D eigenvalue weighted by molar-refractivity contribution is -0.143. The second-order valence-corrected chi connectivity index (χ2v) is 9.09. The third-order valence-corrected chi connectivity index (χ3v) is 6.65. The predicted molar refractivity (Wildman–Crippen MR) is 122 cm³/mol. The maximum absolute atomic E-state index is 11.3. The molecule has 0 radical (unpaired) electrons. The Hall–Kier alpha value is -1.66. The van der Waals surface area contributed by atoms with Gasteiger partial charge in [-0.25, -0.2) is 0 Å². The summed E-state index contributed by atoms with van der Waals surface area (Å²) in [5, 5.41) is 9.32. The fraction of sp³-hybridized carbons (Fsp3) is 0.375. The van der Waals surface area contributed by atoms with Crippen molar-refractivity contribution in [1.29, 1.82) is 0 Å². The summed E-state index contributed by atoms with van der Waals surface area (Å²) in [5.41, 5.74) is 6.89. The van der Waals surface area contributed by atoms with E-state index < -0.39 is 5.97 Å². The number of aryl methyl sites for hydroxylation is 2. The van der Waals surface area contributed by atoms with E-state index in [1.165, 1.54) is 31.4 Å². The maximum Gasteiger partial charge on any atom is 0.307 e. The number of fused-ring (bicyclic) bond motifs is 2. The number of aliphatic carboxylic acids is 1. The molecule has 1 saturated heterocycles. The third kappa shape index (κ3) is 4.33. The van der Waals surface area contributed by atoms with Crippen molar-refractivity contribution < 1.29 is 9.90 Å². The van der Waals surface area contributed by atoms with E-state index in [-0.39, 0.29) is 5.92 Å². The highest BCUT2D eigenvalue weighted by atomic mass is 125. The number of carboxylic acids is 1. The Bertz CT molecular complexity index is 905. The van der Waals surface area contributed by atoms with Crippen molar-refractivity contribution in [1.82, 2.24) is 4.90 Å². The molecule has 1 aliphatic heterocycles. The first-order chi connectivity index (χ1) is 13.6. The second-order valence-electron chi connectivity index (χ2n) is 7.84. The Labute approximate surface area is 180 Å². The number of piperidine rings is 1. The highest BCUT2D eigenvalue weighted by Crippen LogP contribution is 2.34. The van der Waals surface area contributed by atoms with Crippen molar-refractivity contribution >= 4 is 34.1 Å². The lowest BCUT2D eigenvalue weighted by Gasteiger charge is -2.30. The van der Waals surface area contributed by atoms with Gasteiger partial charge in [-0.1, -0.05) is 36.4 Å². The van der Waals surface area contributed by atoms with E-state index in [1.54, 1.807) is 0 Å². The van der Waals surface area contributed by atoms with Crippen LogP contribution in [0.5, 0.6) is 0 Å². The molecular formula is C24H26INO2. The Balaban J connectivity index is 1.58. The number of hydrogen-bond acceptors (Lipinski definition) is 2. The maximum atomic E-state index is 11.3. The van der Waals surface area contributed by atoms with Gasteiger partial charge in [0.1, 0.15) is 0 Å². The molecule has 0 bridgehead atoms.